The van der Waals surface area contributed by atoms with Gasteiger partial charge in [-0.2, -0.15) is 0 Å². The van der Waals surface area contributed by atoms with E-state index in [1.54, 1.807) is 11.8 Å². The lowest BCUT2D eigenvalue weighted by atomic mass is 10.0. The highest BCUT2D eigenvalue weighted by atomic mass is 32.2. The van der Waals surface area contributed by atoms with Crippen LogP contribution in [0.2, 0.25) is 0 Å². The summed E-state index contributed by atoms with van der Waals surface area (Å²) >= 11 is 1.74. The summed E-state index contributed by atoms with van der Waals surface area (Å²) in [7, 11) is 0. The minimum atomic E-state index is 0.162. The number of ketones is 1. The van der Waals surface area contributed by atoms with Gasteiger partial charge in [-0.1, -0.05) is 26.0 Å². The maximum Gasteiger partial charge on any atom is 0.135 e. The number of hydrogen-bond donors (Lipinski definition) is 0. The Morgan fingerprint density at radius 1 is 1.27 bits per heavy atom. The topological polar surface area (TPSA) is 17.1 Å². The van der Waals surface area contributed by atoms with Crippen LogP contribution in [0.1, 0.15) is 25.8 Å². The van der Waals surface area contributed by atoms with Gasteiger partial charge in [0.1, 0.15) is 5.78 Å². The maximum absolute atomic E-state index is 11.4. The third-order valence-electron chi connectivity index (χ3n) is 2.46. The molecule has 0 fully saturated rings. The van der Waals surface area contributed by atoms with Gasteiger partial charge in [-0.3, -0.25) is 4.79 Å². The molecule has 0 aliphatic heterocycles. The van der Waals surface area contributed by atoms with E-state index in [0.29, 0.717) is 12.2 Å². The second-order valence-electron chi connectivity index (χ2n) is 3.97. The second-order valence-corrected chi connectivity index (χ2v) is 4.85. The number of benzene rings is 1. The third kappa shape index (κ3) is 4.08. The SMILES string of the molecule is CSc1ccc(CCC(=O)C(C)C)cc1. The minimum absolute atomic E-state index is 0.162. The summed E-state index contributed by atoms with van der Waals surface area (Å²) in [6, 6.07) is 8.44. The van der Waals surface area contributed by atoms with E-state index in [9.17, 15) is 4.79 Å². The fourth-order valence-corrected chi connectivity index (χ4v) is 1.76. The molecule has 0 saturated heterocycles. The lowest BCUT2D eigenvalue weighted by Gasteiger charge is -2.04. The summed E-state index contributed by atoms with van der Waals surface area (Å²) < 4.78 is 0. The van der Waals surface area contributed by atoms with Gasteiger partial charge in [0, 0.05) is 17.2 Å². The van der Waals surface area contributed by atoms with Crippen LogP contribution in [0.3, 0.4) is 0 Å². The van der Waals surface area contributed by atoms with Crippen molar-refractivity contribution >= 4 is 17.5 Å². The van der Waals surface area contributed by atoms with Gasteiger partial charge in [0.25, 0.3) is 0 Å². The number of carbonyl (C=O) groups is 1. The Morgan fingerprint density at radius 3 is 2.33 bits per heavy atom. The van der Waals surface area contributed by atoms with Crippen LogP contribution in [0.15, 0.2) is 29.2 Å². The molecule has 0 bridgehead atoms. The van der Waals surface area contributed by atoms with Gasteiger partial charge in [-0.25, -0.2) is 0 Å². The van der Waals surface area contributed by atoms with E-state index in [2.05, 4.69) is 30.5 Å². The largest absolute Gasteiger partial charge is 0.299 e. The first-order chi connectivity index (χ1) is 7.13. The Kier molecular flexibility index (Phi) is 4.89. The molecule has 0 N–H and O–H groups in total. The van der Waals surface area contributed by atoms with Crippen molar-refractivity contribution in [3.05, 3.63) is 29.8 Å². The zero-order valence-corrected chi connectivity index (χ0v) is 10.4. The van der Waals surface area contributed by atoms with Crippen molar-refractivity contribution in [1.29, 1.82) is 0 Å². The van der Waals surface area contributed by atoms with Crippen LogP contribution in [0.5, 0.6) is 0 Å². The van der Waals surface area contributed by atoms with Gasteiger partial charge < -0.3 is 0 Å². The van der Waals surface area contributed by atoms with Gasteiger partial charge in [-0.15, -0.1) is 11.8 Å². The molecule has 0 unspecified atom stereocenters. The Labute approximate surface area is 96.3 Å². The summed E-state index contributed by atoms with van der Waals surface area (Å²) in [5.41, 5.74) is 1.25. The van der Waals surface area contributed by atoms with Gasteiger partial charge in [0.05, 0.1) is 0 Å². The molecule has 0 aromatic heterocycles. The van der Waals surface area contributed by atoms with Crippen molar-refractivity contribution in [3.63, 3.8) is 0 Å². The molecule has 0 radical (unpaired) electrons. The lowest BCUT2D eigenvalue weighted by Crippen LogP contribution is -2.07. The van der Waals surface area contributed by atoms with E-state index in [0.717, 1.165) is 6.42 Å². The highest BCUT2D eigenvalue weighted by Crippen LogP contribution is 2.16. The minimum Gasteiger partial charge on any atom is -0.299 e. The molecule has 2 heteroatoms. The molecule has 0 saturated carbocycles. The van der Waals surface area contributed by atoms with Crippen LogP contribution in [0, 0.1) is 5.92 Å². The summed E-state index contributed by atoms with van der Waals surface area (Å²) in [5, 5.41) is 0. The fraction of sp³-hybridized carbons (Fsp3) is 0.462. The molecule has 0 heterocycles. The zero-order chi connectivity index (χ0) is 11.3. The van der Waals surface area contributed by atoms with Crippen LogP contribution in [-0.2, 0) is 11.2 Å². The molecular weight excluding hydrogens is 204 g/mol. The van der Waals surface area contributed by atoms with Gasteiger partial charge in [0.2, 0.25) is 0 Å². The summed E-state index contributed by atoms with van der Waals surface area (Å²) in [6.07, 6.45) is 3.60. The molecule has 0 amide bonds. The normalized spacial score (nSPS) is 10.7. The van der Waals surface area contributed by atoms with Crippen molar-refractivity contribution in [2.24, 2.45) is 5.92 Å². The average molecular weight is 222 g/mol. The van der Waals surface area contributed by atoms with Crippen molar-refractivity contribution < 1.29 is 4.79 Å². The molecule has 1 rings (SSSR count). The molecule has 1 nitrogen and oxygen atoms in total. The van der Waals surface area contributed by atoms with E-state index in [-0.39, 0.29) is 5.92 Å². The number of aryl methyl sites for hydroxylation is 1. The molecule has 0 aliphatic rings. The first-order valence-electron chi connectivity index (χ1n) is 5.29. The van der Waals surface area contributed by atoms with Crippen molar-refractivity contribution in [2.45, 2.75) is 31.6 Å². The van der Waals surface area contributed by atoms with Gasteiger partial charge >= 0.3 is 0 Å². The highest BCUT2D eigenvalue weighted by Gasteiger charge is 2.06. The molecule has 0 spiro atoms. The number of rotatable bonds is 5. The standard InChI is InChI=1S/C13H18OS/c1-10(2)13(14)9-6-11-4-7-12(15-3)8-5-11/h4-5,7-8,10H,6,9H2,1-3H3. The quantitative estimate of drug-likeness (QED) is 0.708. The second kappa shape index (κ2) is 5.96. The monoisotopic (exact) mass is 222 g/mol. The van der Waals surface area contributed by atoms with Crippen LogP contribution in [-0.4, -0.2) is 12.0 Å². The summed E-state index contributed by atoms with van der Waals surface area (Å²) in [4.78, 5) is 12.7. The van der Waals surface area contributed by atoms with Crippen molar-refractivity contribution in [1.82, 2.24) is 0 Å². The highest BCUT2D eigenvalue weighted by molar-refractivity contribution is 7.98. The van der Waals surface area contributed by atoms with Crippen molar-refractivity contribution in [3.8, 4) is 0 Å². The first-order valence-corrected chi connectivity index (χ1v) is 6.51. The Morgan fingerprint density at radius 2 is 1.87 bits per heavy atom. The lowest BCUT2D eigenvalue weighted by molar-refractivity contribution is -0.121. The molecule has 0 aliphatic carbocycles. The summed E-state index contributed by atoms with van der Waals surface area (Å²) in [5.74, 6) is 0.513. The van der Waals surface area contributed by atoms with E-state index in [1.807, 2.05) is 13.8 Å². The molecule has 1 aromatic carbocycles. The van der Waals surface area contributed by atoms with Crippen LogP contribution in [0.25, 0.3) is 0 Å². The first kappa shape index (κ1) is 12.3. The van der Waals surface area contributed by atoms with Crippen LogP contribution in [0.4, 0.5) is 0 Å². The Bertz CT molecular complexity index is 314. The molecule has 15 heavy (non-hydrogen) atoms. The van der Waals surface area contributed by atoms with E-state index in [4.69, 9.17) is 0 Å². The van der Waals surface area contributed by atoms with E-state index >= 15 is 0 Å². The zero-order valence-electron chi connectivity index (χ0n) is 9.62. The number of Topliss-reactive ketones (excluding diaryl/α,β-unsaturated/α-hetero) is 1. The van der Waals surface area contributed by atoms with Crippen LogP contribution >= 0.6 is 11.8 Å². The fourth-order valence-electron chi connectivity index (χ4n) is 1.35. The van der Waals surface area contributed by atoms with Gasteiger partial charge in [0.15, 0.2) is 0 Å². The molecular formula is C13H18OS. The smallest absolute Gasteiger partial charge is 0.135 e. The molecule has 82 valence electrons. The third-order valence-corrected chi connectivity index (χ3v) is 3.21. The Hall–Kier alpha value is -0.760. The van der Waals surface area contributed by atoms with E-state index < -0.39 is 0 Å². The van der Waals surface area contributed by atoms with Crippen molar-refractivity contribution in [2.75, 3.05) is 6.26 Å². The average Bonchev–Trinajstić information content (AvgIpc) is 2.26. The predicted molar refractivity (Wildman–Crippen MR) is 66.4 cm³/mol. The maximum atomic E-state index is 11.4. The molecule has 0 atom stereocenters. The molecule has 1 aromatic rings. The van der Waals surface area contributed by atoms with E-state index in [1.165, 1.54) is 10.5 Å². The Balaban J connectivity index is 2.47. The van der Waals surface area contributed by atoms with Gasteiger partial charge in [-0.05, 0) is 30.4 Å². The summed E-state index contributed by atoms with van der Waals surface area (Å²) in [6.45, 7) is 3.91. The predicted octanol–water partition coefficient (Wildman–Crippen LogP) is 3.57. The number of thioether (sulfide) groups is 1. The number of hydrogen-bond acceptors (Lipinski definition) is 2. The van der Waals surface area contributed by atoms with Crippen LogP contribution < -0.4 is 0 Å². The number of carbonyl (C=O) groups excluding carboxylic acids is 1.